The first-order valence-electron chi connectivity index (χ1n) is 13.5. The Morgan fingerprint density at radius 1 is 0.675 bits per heavy atom. The van der Waals surface area contributed by atoms with E-state index < -0.39 is 17.5 Å². The molecule has 0 aliphatic heterocycles. The fourth-order valence-corrected chi connectivity index (χ4v) is 4.12. The highest BCUT2D eigenvalue weighted by Gasteiger charge is 2.16. The summed E-state index contributed by atoms with van der Waals surface area (Å²) in [6, 6.07) is 21.5. The van der Waals surface area contributed by atoms with Crippen molar-refractivity contribution in [3.63, 3.8) is 0 Å². The largest absolute Gasteiger partial charge is 0.494 e. The van der Waals surface area contributed by atoms with E-state index in [4.69, 9.17) is 14.2 Å². The molecule has 40 heavy (non-hydrogen) atoms. The molecule has 0 atom stereocenters. The van der Waals surface area contributed by atoms with Gasteiger partial charge in [-0.25, -0.2) is 13.2 Å². The standard InChI is InChI=1S/C34H33F3O3/c1-3-5-7-21-39-32-19-8-24(22-31(32)35)23-40-28-15-11-26(12-16-28)30-18-17-29(33(36)34(30)37)25-9-13-27(14-10-25)38-20-6-4-2/h3,8-19,22H,1,4-7,20-21,23H2,2H3. The molecule has 4 rings (SSSR count). The van der Waals surface area contributed by atoms with Crippen LogP contribution in [0.5, 0.6) is 17.2 Å². The van der Waals surface area contributed by atoms with Crippen molar-refractivity contribution < 1.29 is 27.4 Å². The number of hydrogen-bond acceptors (Lipinski definition) is 3. The summed E-state index contributed by atoms with van der Waals surface area (Å²) in [6.45, 7) is 6.92. The molecule has 0 N–H and O–H groups in total. The van der Waals surface area contributed by atoms with Gasteiger partial charge in [0.05, 0.1) is 13.2 Å². The molecule has 0 saturated carbocycles. The lowest BCUT2D eigenvalue weighted by molar-refractivity contribution is 0.292. The Morgan fingerprint density at radius 2 is 1.25 bits per heavy atom. The Kier molecular flexibility index (Phi) is 10.3. The van der Waals surface area contributed by atoms with E-state index in [-0.39, 0.29) is 23.5 Å². The molecule has 3 nitrogen and oxygen atoms in total. The fraction of sp³-hybridized carbons (Fsp3) is 0.235. The Labute approximate surface area is 233 Å². The zero-order valence-electron chi connectivity index (χ0n) is 22.6. The Balaban J connectivity index is 1.38. The summed E-state index contributed by atoms with van der Waals surface area (Å²) in [5, 5.41) is 0. The number of ether oxygens (including phenoxy) is 3. The highest BCUT2D eigenvalue weighted by molar-refractivity contribution is 5.72. The summed E-state index contributed by atoms with van der Waals surface area (Å²) < 4.78 is 61.4. The zero-order chi connectivity index (χ0) is 28.3. The van der Waals surface area contributed by atoms with Crippen LogP contribution in [-0.4, -0.2) is 13.2 Å². The van der Waals surface area contributed by atoms with E-state index in [0.717, 1.165) is 25.7 Å². The minimum atomic E-state index is -0.920. The van der Waals surface area contributed by atoms with Crippen LogP contribution in [0.4, 0.5) is 13.2 Å². The van der Waals surface area contributed by atoms with Gasteiger partial charge in [-0.1, -0.05) is 61.9 Å². The van der Waals surface area contributed by atoms with Gasteiger partial charge in [-0.15, -0.1) is 6.58 Å². The van der Waals surface area contributed by atoms with Crippen LogP contribution < -0.4 is 14.2 Å². The minimum Gasteiger partial charge on any atom is -0.494 e. The summed E-state index contributed by atoms with van der Waals surface area (Å²) in [7, 11) is 0. The van der Waals surface area contributed by atoms with Crippen LogP contribution in [0.1, 0.15) is 38.2 Å². The second-order valence-electron chi connectivity index (χ2n) is 9.37. The second-order valence-corrected chi connectivity index (χ2v) is 9.37. The average molecular weight is 547 g/mol. The van der Waals surface area contributed by atoms with Crippen LogP contribution in [0.2, 0.25) is 0 Å². The van der Waals surface area contributed by atoms with Crippen LogP contribution in [-0.2, 0) is 6.61 Å². The monoisotopic (exact) mass is 546 g/mol. The average Bonchev–Trinajstić information content (AvgIpc) is 2.97. The number of benzene rings is 4. The van der Waals surface area contributed by atoms with Crippen molar-refractivity contribution in [3.05, 3.63) is 115 Å². The lowest BCUT2D eigenvalue weighted by Gasteiger charge is -2.12. The van der Waals surface area contributed by atoms with E-state index in [9.17, 15) is 4.39 Å². The molecule has 0 aromatic heterocycles. The molecule has 0 radical (unpaired) electrons. The van der Waals surface area contributed by atoms with Crippen molar-refractivity contribution in [2.45, 2.75) is 39.2 Å². The van der Waals surface area contributed by atoms with Gasteiger partial charge in [0.25, 0.3) is 0 Å². The molecule has 0 spiro atoms. The SMILES string of the molecule is C=CCCCOc1ccc(COc2ccc(-c3ccc(-c4ccc(OCCCC)cc4)c(F)c3F)cc2)cc1F. The van der Waals surface area contributed by atoms with Gasteiger partial charge in [-0.05, 0) is 72.4 Å². The molecule has 208 valence electrons. The van der Waals surface area contributed by atoms with Gasteiger partial charge < -0.3 is 14.2 Å². The highest BCUT2D eigenvalue weighted by atomic mass is 19.2. The Bertz CT molecular complexity index is 1400. The molecular weight excluding hydrogens is 513 g/mol. The highest BCUT2D eigenvalue weighted by Crippen LogP contribution is 2.33. The first kappa shape index (κ1) is 28.8. The molecule has 0 unspecified atom stereocenters. The lowest BCUT2D eigenvalue weighted by atomic mass is 9.98. The van der Waals surface area contributed by atoms with Gasteiger partial charge in [0.2, 0.25) is 0 Å². The van der Waals surface area contributed by atoms with Crippen molar-refractivity contribution >= 4 is 0 Å². The number of allylic oxidation sites excluding steroid dienone is 1. The maximum Gasteiger partial charge on any atom is 0.167 e. The van der Waals surface area contributed by atoms with Crippen molar-refractivity contribution in [2.24, 2.45) is 0 Å². The molecule has 0 aliphatic carbocycles. The molecule has 0 fully saturated rings. The van der Waals surface area contributed by atoms with Crippen molar-refractivity contribution in [2.75, 3.05) is 13.2 Å². The summed E-state index contributed by atoms with van der Waals surface area (Å²) in [6.07, 6.45) is 5.37. The zero-order valence-corrected chi connectivity index (χ0v) is 22.6. The molecular formula is C34H33F3O3. The van der Waals surface area contributed by atoms with Gasteiger partial charge in [0.1, 0.15) is 18.1 Å². The van der Waals surface area contributed by atoms with Crippen molar-refractivity contribution in [1.82, 2.24) is 0 Å². The Hall–Kier alpha value is -4.19. The van der Waals surface area contributed by atoms with Gasteiger partial charge in [0, 0.05) is 11.1 Å². The molecule has 0 bridgehead atoms. The van der Waals surface area contributed by atoms with Crippen LogP contribution in [0.3, 0.4) is 0 Å². The van der Waals surface area contributed by atoms with Crippen LogP contribution in [0.15, 0.2) is 91.5 Å². The molecule has 0 heterocycles. The summed E-state index contributed by atoms with van der Waals surface area (Å²) in [5.74, 6) is -0.863. The fourth-order valence-electron chi connectivity index (χ4n) is 4.12. The summed E-state index contributed by atoms with van der Waals surface area (Å²) >= 11 is 0. The van der Waals surface area contributed by atoms with Gasteiger partial charge in [-0.3, -0.25) is 0 Å². The maximum absolute atomic E-state index is 15.1. The quantitative estimate of drug-likeness (QED) is 0.116. The van der Waals surface area contributed by atoms with Crippen LogP contribution in [0, 0.1) is 17.5 Å². The molecule has 0 amide bonds. The lowest BCUT2D eigenvalue weighted by Crippen LogP contribution is -2.01. The van der Waals surface area contributed by atoms with Crippen LogP contribution >= 0.6 is 0 Å². The number of unbranched alkanes of at least 4 members (excludes halogenated alkanes) is 2. The molecule has 6 heteroatoms. The first-order valence-corrected chi connectivity index (χ1v) is 13.5. The van der Waals surface area contributed by atoms with E-state index in [1.54, 1.807) is 78.9 Å². The predicted molar refractivity (Wildman–Crippen MR) is 153 cm³/mol. The van der Waals surface area contributed by atoms with Gasteiger partial charge in [-0.2, -0.15) is 0 Å². The van der Waals surface area contributed by atoms with Crippen molar-refractivity contribution in [1.29, 1.82) is 0 Å². The van der Waals surface area contributed by atoms with E-state index >= 15 is 8.78 Å². The van der Waals surface area contributed by atoms with E-state index in [1.165, 1.54) is 6.07 Å². The third-order valence-corrected chi connectivity index (χ3v) is 6.39. The first-order chi connectivity index (χ1) is 19.5. The van der Waals surface area contributed by atoms with Crippen LogP contribution in [0.25, 0.3) is 22.3 Å². The Morgan fingerprint density at radius 3 is 1.80 bits per heavy atom. The predicted octanol–water partition coefficient (Wildman–Crippen LogP) is 9.54. The number of hydrogen-bond donors (Lipinski definition) is 0. The third kappa shape index (κ3) is 7.47. The summed E-state index contributed by atoms with van der Waals surface area (Å²) in [4.78, 5) is 0. The summed E-state index contributed by atoms with van der Waals surface area (Å²) in [5.41, 5.74) is 2.06. The minimum absolute atomic E-state index is 0.146. The van der Waals surface area contributed by atoms with E-state index in [2.05, 4.69) is 13.5 Å². The van der Waals surface area contributed by atoms with Gasteiger partial charge in [0.15, 0.2) is 23.2 Å². The van der Waals surface area contributed by atoms with Gasteiger partial charge >= 0.3 is 0 Å². The third-order valence-electron chi connectivity index (χ3n) is 6.39. The molecule has 0 aliphatic rings. The van der Waals surface area contributed by atoms with Crippen molar-refractivity contribution in [3.8, 4) is 39.5 Å². The maximum atomic E-state index is 15.1. The van der Waals surface area contributed by atoms with E-state index in [1.807, 2.05) is 0 Å². The second kappa shape index (κ2) is 14.3. The molecule has 4 aromatic carbocycles. The molecule has 4 aromatic rings. The van der Waals surface area contributed by atoms with E-state index in [0.29, 0.717) is 41.4 Å². The normalized spacial score (nSPS) is 10.8. The smallest absolute Gasteiger partial charge is 0.167 e. The topological polar surface area (TPSA) is 27.7 Å². The number of rotatable bonds is 14. The molecule has 0 saturated heterocycles. The number of halogens is 3.